The zero-order valence-corrected chi connectivity index (χ0v) is 12.6. The van der Waals surface area contributed by atoms with E-state index in [2.05, 4.69) is 0 Å². The smallest absolute Gasteiger partial charge is 1.00 e. The molecule has 0 radical (unpaired) electrons. The van der Waals surface area contributed by atoms with Crippen LogP contribution in [0, 0.1) is 0 Å². The van der Waals surface area contributed by atoms with E-state index in [1.807, 2.05) is 13.8 Å². The zero-order chi connectivity index (χ0) is 11.6. The summed E-state index contributed by atoms with van der Waals surface area (Å²) in [6.45, 7) is 3.86. The van der Waals surface area contributed by atoms with Crippen molar-refractivity contribution in [3.63, 3.8) is 0 Å². The van der Waals surface area contributed by atoms with Gasteiger partial charge >= 0.3 is 29.6 Å². The van der Waals surface area contributed by atoms with E-state index in [-0.39, 0.29) is 41.8 Å². The van der Waals surface area contributed by atoms with Crippen molar-refractivity contribution in [2.24, 2.45) is 0 Å². The molecule has 1 aromatic rings. The van der Waals surface area contributed by atoms with Gasteiger partial charge in [-0.2, -0.15) is 8.42 Å². The molecule has 86 valence electrons. The van der Waals surface area contributed by atoms with E-state index in [4.69, 9.17) is 10.3 Å². The summed E-state index contributed by atoms with van der Waals surface area (Å²) >= 11 is 0. The van der Waals surface area contributed by atoms with Gasteiger partial charge in [-0.3, -0.25) is 4.55 Å². The Morgan fingerprint density at radius 3 is 2.50 bits per heavy atom. The van der Waals surface area contributed by atoms with Crippen LogP contribution in [0.15, 0.2) is 23.1 Å². The maximum absolute atomic E-state index is 11.1. The van der Waals surface area contributed by atoms with Gasteiger partial charge in [-0.05, 0) is 30.0 Å². The van der Waals surface area contributed by atoms with Gasteiger partial charge in [-0.15, -0.1) is 0 Å². The van der Waals surface area contributed by atoms with Crippen molar-refractivity contribution in [2.45, 2.75) is 31.1 Å². The second kappa shape index (κ2) is 6.02. The van der Waals surface area contributed by atoms with Crippen molar-refractivity contribution >= 4 is 15.8 Å². The second-order valence-electron chi connectivity index (χ2n) is 3.58. The van der Waals surface area contributed by atoms with Gasteiger partial charge in [0, 0.05) is 5.69 Å². The molecule has 1 unspecified atom stereocenters. The SMILES string of the molecule is CCC(C)c1ccc(N)cc1S(=O)(=O)O.[H-].[Na+]. The monoisotopic (exact) mass is 253 g/mol. The molecular weight excluding hydrogens is 237 g/mol. The molecule has 0 spiro atoms. The van der Waals surface area contributed by atoms with Crippen LogP contribution in [0.3, 0.4) is 0 Å². The summed E-state index contributed by atoms with van der Waals surface area (Å²) in [6.07, 6.45) is 0.798. The van der Waals surface area contributed by atoms with Crippen LogP contribution >= 0.6 is 0 Å². The van der Waals surface area contributed by atoms with Gasteiger partial charge in [0.1, 0.15) is 0 Å². The number of rotatable bonds is 3. The first kappa shape index (κ1) is 15.9. The van der Waals surface area contributed by atoms with Gasteiger partial charge in [0.15, 0.2) is 0 Å². The first-order valence-corrected chi connectivity index (χ1v) is 6.17. The molecule has 0 amide bonds. The minimum Gasteiger partial charge on any atom is -1.00 e. The summed E-state index contributed by atoms with van der Waals surface area (Å²) in [5, 5.41) is 0. The molecule has 0 heterocycles. The van der Waals surface area contributed by atoms with Crippen LogP contribution < -0.4 is 35.3 Å². The van der Waals surface area contributed by atoms with Crippen LogP contribution in [-0.2, 0) is 10.1 Å². The molecule has 0 aliphatic rings. The third-order valence-electron chi connectivity index (χ3n) is 2.46. The predicted molar refractivity (Wildman–Crippen MR) is 60.5 cm³/mol. The first-order chi connectivity index (χ1) is 6.86. The summed E-state index contributed by atoms with van der Waals surface area (Å²) in [4.78, 5) is -0.0862. The van der Waals surface area contributed by atoms with Crippen molar-refractivity contribution < 1.29 is 44.0 Å². The Labute approximate surface area is 120 Å². The molecule has 6 heteroatoms. The average molecular weight is 253 g/mol. The number of benzene rings is 1. The molecule has 0 saturated heterocycles. The Kier molecular flexibility index (Phi) is 6.00. The molecule has 0 aromatic heterocycles. The van der Waals surface area contributed by atoms with Crippen LogP contribution in [0.1, 0.15) is 33.2 Å². The topological polar surface area (TPSA) is 80.4 Å². The Balaban J connectivity index is 0. The Morgan fingerprint density at radius 1 is 1.50 bits per heavy atom. The minimum atomic E-state index is -4.19. The van der Waals surface area contributed by atoms with Gasteiger partial charge in [0.05, 0.1) is 4.90 Å². The van der Waals surface area contributed by atoms with Crippen LogP contribution in [0.25, 0.3) is 0 Å². The van der Waals surface area contributed by atoms with E-state index in [0.29, 0.717) is 11.3 Å². The fraction of sp³-hybridized carbons (Fsp3) is 0.400. The van der Waals surface area contributed by atoms with Crippen LogP contribution in [0.5, 0.6) is 0 Å². The Morgan fingerprint density at radius 2 is 2.06 bits per heavy atom. The second-order valence-corrected chi connectivity index (χ2v) is 4.97. The van der Waals surface area contributed by atoms with E-state index in [1.165, 1.54) is 6.07 Å². The third kappa shape index (κ3) is 3.75. The average Bonchev–Trinajstić information content (AvgIpc) is 2.15. The molecule has 0 aliphatic carbocycles. The van der Waals surface area contributed by atoms with E-state index in [1.54, 1.807) is 12.1 Å². The largest absolute Gasteiger partial charge is 1.00 e. The quantitative estimate of drug-likeness (QED) is 0.417. The van der Waals surface area contributed by atoms with Crippen LogP contribution in [0.2, 0.25) is 0 Å². The van der Waals surface area contributed by atoms with E-state index < -0.39 is 10.1 Å². The standard InChI is InChI=1S/C10H15NO3S.Na.H/c1-3-7(2)9-5-4-8(11)6-10(9)15(12,13)14;;/h4-7H,3,11H2,1-2H3,(H,12,13,14);;/q;+1;-1. The number of nitrogens with two attached hydrogens (primary N) is 1. The van der Waals surface area contributed by atoms with E-state index in [9.17, 15) is 8.42 Å². The Hall–Kier alpha value is -0.0700. The molecule has 3 N–H and O–H groups in total. The fourth-order valence-electron chi connectivity index (χ4n) is 1.40. The van der Waals surface area contributed by atoms with E-state index in [0.717, 1.165) is 6.42 Å². The molecule has 0 saturated carbocycles. The molecular formula is C10H16NNaO3S. The number of hydrogen-bond donors (Lipinski definition) is 2. The molecule has 0 bridgehead atoms. The zero-order valence-electron chi connectivity index (χ0n) is 10.8. The van der Waals surface area contributed by atoms with Crippen molar-refractivity contribution in [1.82, 2.24) is 0 Å². The summed E-state index contributed by atoms with van der Waals surface area (Å²) in [5.41, 5.74) is 6.42. The summed E-state index contributed by atoms with van der Waals surface area (Å²) in [6, 6.07) is 4.57. The van der Waals surface area contributed by atoms with Crippen molar-refractivity contribution in [2.75, 3.05) is 5.73 Å². The number of nitrogen functional groups attached to an aromatic ring is 1. The number of hydrogen-bond acceptors (Lipinski definition) is 3. The molecule has 4 nitrogen and oxygen atoms in total. The van der Waals surface area contributed by atoms with Crippen molar-refractivity contribution in [3.8, 4) is 0 Å². The molecule has 0 fully saturated rings. The van der Waals surface area contributed by atoms with Crippen molar-refractivity contribution in [1.29, 1.82) is 0 Å². The molecule has 1 aromatic carbocycles. The maximum atomic E-state index is 11.1. The van der Waals surface area contributed by atoms with Gasteiger partial charge in [0.2, 0.25) is 0 Å². The summed E-state index contributed by atoms with van der Waals surface area (Å²) in [5.74, 6) is 0.0718. The van der Waals surface area contributed by atoms with Gasteiger partial charge in [-0.25, -0.2) is 0 Å². The van der Waals surface area contributed by atoms with Gasteiger partial charge < -0.3 is 7.16 Å². The maximum Gasteiger partial charge on any atom is 1.00 e. The van der Waals surface area contributed by atoms with Gasteiger partial charge in [0.25, 0.3) is 10.1 Å². The first-order valence-electron chi connectivity index (χ1n) is 4.73. The fourth-order valence-corrected chi connectivity index (χ4v) is 2.25. The summed E-state index contributed by atoms with van der Waals surface area (Å²) < 4.78 is 31.3. The van der Waals surface area contributed by atoms with Crippen LogP contribution in [-0.4, -0.2) is 13.0 Å². The number of anilines is 1. The minimum absolute atomic E-state index is 0. The summed E-state index contributed by atoms with van der Waals surface area (Å²) in [7, 11) is -4.19. The molecule has 0 aliphatic heterocycles. The molecule has 1 atom stereocenters. The molecule has 1 rings (SSSR count). The van der Waals surface area contributed by atoms with Crippen LogP contribution in [0.4, 0.5) is 5.69 Å². The van der Waals surface area contributed by atoms with Gasteiger partial charge in [-0.1, -0.05) is 19.9 Å². The van der Waals surface area contributed by atoms with E-state index >= 15 is 0 Å². The predicted octanol–water partition coefficient (Wildman–Crippen LogP) is -0.854. The molecule has 16 heavy (non-hydrogen) atoms. The normalized spacial score (nSPS) is 12.9. The Bertz CT molecular complexity index is 465. The van der Waals surface area contributed by atoms with Crippen molar-refractivity contribution in [3.05, 3.63) is 23.8 Å². The third-order valence-corrected chi connectivity index (χ3v) is 3.37.